The van der Waals surface area contributed by atoms with Crippen molar-refractivity contribution in [2.45, 2.75) is 26.4 Å². The van der Waals surface area contributed by atoms with Gasteiger partial charge in [0.25, 0.3) is 0 Å². The van der Waals surface area contributed by atoms with E-state index in [4.69, 9.17) is 11.6 Å². The number of fused-ring (bicyclic) bond motifs is 1. The van der Waals surface area contributed by atoms with E-state index < -0.39 is 0 Å². The number of carbonyl (C=O) groups excluding carboxylic acids is 1. The van der Waals surface area contributed by atoms with Gasteiger partial charge in [-0.25, -0.2) is 9.67 Å². The van der Waals surface area contributed by atoms with Crippen LogP contribution >= 0.6 is 11.6 Å². The zero-order valence-electron chi connectivity index (χ0n) is 12.0. The van der Waals surface area contributed by atoms with E-state index in [1.165, 1.54) is 17.3 Å². The summed E-state index contributed by atoms with van der Waals surface area (Å²) in [5.74, 6) is 0.243. The maximum Gasteiger partial charge on any atom is 0.247 e. The predicted octanol–water partition coefficient (Wildman–Crippen LogP) is 2.33. The summed E-state index contributed by atoms with van der Waals surface area (Å²) in [6.45, 7) is 2.91. The summed E-state index contributed by atoms with van der Waals surface area (Å²) in [5.41, 5.74) is 0.908. The lowest BCUT2D eigenvalue weighted by atomic mass is 10.2. The summed E-state index contributed by atoms with van der Waals surface area (Å²) in [4.78, 5) is 15.9. The van der Waals surface area contributed by atoms with Crippen molar-refractivity contribution in [1.29, 1.82) is 0 Å². The molecule has 2 aromatic heterocycles. The molecule has 7 nitrogen and oxygen atoms in total. The van der Waals surface area contributed by atoms with Crippen LogP contribution in [-0.2, 0) is 17.9 Å². The molecule has 2 heterocycles. The third kappa shape index (κ3) is 2.80. The van der Waals surface area contributed by atoms with Crippen molar-refractivity contribution >= 4 is 34.2 Å². The van der Waals surface area contributed by atoms with E-state index >= 15 is 0 Å². The second-order valence-electron chi connectivity index (χ2n) is 4.85. The molecule has 0 bridgehead atoms. The lowest BCUT2D eigenvalue weighted by Gasteiger charge is -2.03. The fourth-order valence-corrected chi connectivity index (χ4v) is 2.55. The number of aromatic nitrogens is 5. The Balaban J connectivity index is 1.91. The van der Waals surface area contributed by atoms with Gasteiger partial charge in [-0.2, -0.15) is 10.2 Å². The highest BCUT2D eigenvalue weighted by atomic mass is 35.5. The number of hydrogen-bond donors (Lipinski definition) is 1. The lowest BCUT2D eigenvalue weighted by molar-refractivity contribution is -0.116. The van der Waals surface area contributed by atoms with Gasteiger partial charge in [0.05, 0.1) is 15.9 Å². The summed E-state index contributed by atoms with van der Waals surface area (Å²) < 4.78 is 3.30. The predicted molar refractivity (Wildman–Crippen MR) is 83.7 cm³/mol. The van der Waals surface area contributed by atoms with Crippen LogP contribution in [0.15, 0.2) is 30.9 Å². The van der Waals surface area contributed by atoms with Gasteiger partial charge in [0, 0.05) is 6.54 Å². The molecule has 3 aromatic rings. The largest absolute Gasteiger partial charge is 0.307 e. The highest BCUT2D eigenvalue weighted by Gasteiger charge is 2.15. The van der Waals surface area contributed by atoms with Crippen LogP contribution in [0.4, 0.5) is 5.82 Å². The molecule has 0 saturated heterocycles. The Labute approximate surface area is 131 Å². The smallest absolute Gasteiger partial charge is 0.247 e. The molecule has 0 spiro atoms. The molecule has 3 rings (SSSR count). The van der Waals surface area contributed by atoms with Crippen LogP contribution in [0.5, 0.6) is 0 Å². The molecule has 0 aliphatic heterocycles. The summed E-state index contributed by atoms with van der Waals surface area (Å²) in [6.07, 6.45) is 3.81. The number of rotatable bonds is 5. The quantitative estimate of drug-likeness (QED) is 0.783. The Bertz CT molecular complexity index is 795. The summed E-state index contributed by atoms with van der Waals surface area (Å²) in [6, 6.07) is 5.60. The van der Waals surface area contributed by atoms with Crippen molar-refractivity contribution in [2.24, 2.45) is 0 Å². The van der Waals surface area contributed by atoms with Crippen molar-refractivity contribution < 1.29 is 4.79 Å². The second kappa shape index (κ2) is 6.15. The number of nitrogens with one attached hydrogen (secondary N) is 1. The summed E-state index contributed by atoms with van der Waals surface area (Å²) >= 11 is 6.27. The Hall–Kier alpha value is -2.41. The molecule has 0 fully saturated rings. The second-order valence-corrected chi connectivity index (χ2v) is 5.25. The van der Waals surface area contributed by atoms with Gasteiger partial charge in [-0.1, -0.05) is 24.6 Å². The minimum atomic E-state index is -0.228. The van der Waals surface area contributed by atoms with Crippen LogP contribution in [0.1, 0.15) is 13.3 Å². The fraction of sp³-hybridized carbons (Fsp3) is 0.286. The van der Waals surface area contributed by atoms with Gasteiger partial charge >= 0.3 is 0 Å². The van der Waals surface area contributed by atoms with Crippen LogP contribution < -0.4 is 5.32 Å². The molecule has 1 amide bonds. The topological polar surface area (TPSA) is 77.6 Å². The summed E-state index contributed by atoms with van der Waals surface area (Å²) in [5, 5.41) is 12.5. The van der Waals surface area contributed by atoms with Crippen LogP contribution in [0, 0.1) is 0 Å². The molecule has 0 saturated carbocycles. The molecular formula is C14H15ClN6O. The zero-order chi connectivity index (χ0) is 15.5. The fourth-order valence-electron chi connectivity index (χ4n) is 2.29. The number of hydrogen-bond acceptors (Lipinski definition) is 4. The van der Waals surface area contributed by atoms with Crippen LogP contribution in [-0.4, -0.2) is 30.5 Å². The van der Waals surface area contributed by atoms with Gasteiger partial charge in [0.15, 0.2) is 5.82 Å². The maximum atomic E-state index is 12.1. The van der Waals surface area contributed by atoms with Crippen LogP contribution in [0.2, 0.25) is 5.02 Å². The summed E-state index contributed by atoms with van der Waals surface area (Å²) in [7, 11) is 0. The van der Waals surface area contributed by atoms with E-state index in [1.807, 2.05) is 16.8 Å². The van der Waals surface area contributed by atoms with Crippen LogP contribution in [0.25, 0.3) is 10.9 Å². The van der Waals surface area contributed by atoms with Crippen molar-refractivity contribution in [1.82, 2.24) is 24.5 Å². The Morgan fingerprint density at radius 1 is 1.41 bits per heavy atom. The number of aryl methyl sites for hydroxylation is 1. The number of amides is 1. The first-order valence-electron chi connectivity index (χ1n) is 6.96. The number of halogens is 1. The van der Waals surface area contributed by atoms with E-state index in [9.17, 15) is 4.79 Å². The van der Waals surface area contributed by atoms with Crippen molar-refractivity contribution in [3.05, 3.63) is 35.9 Å². The molecule has 0 unspecified atom stereocenters. The number of nitrogens with zero attached hydrogens (tertiary/aromatic N) is 5. The number of benzene rings is 1. The first kappa shape index (κ1) is 14.5. The van der Waals surface area contributed by atoms with Gasteiger partial charge in [0.2, 0.25) is 5.91 Å². The maximum absolute atomic E-state index is 12.1. The average Bonchev–Trinajstić information content (AvgIpc) is 3.09. The Kier molecular flexibility index (Phi) is 4.06. The highest BCUT2D eigenvalue weighted by Crippen LogP contribution is 2.30. The van der Waals surface area contributed by atoms with E-state index in [0.29, 0.717) is 10.8 Å². The number of carbonyl (C=O) groups is 1. The lowest BCUT2D eigenvalue weighted by Crippen LogP contribution is -2.19. The molecule has 0 aliphatic carbocycles. The van der Waals surface area contributed by atoms with Gasteiger partial charge in [-0.15, -0.1) is 0 Å². The average molecular weight is 319 g/mol. The molecular weight excluding hydrogens is 304 g/mol. The first-order chi connectivity index (χ1) is 10.7. The van der Waals surface area contributed by atoms with Gasteiger partial charge in [0.1, 0.15) is 19.2 Å². The van der Waals surface area contributed by atoms with Gasteiger partial charge in [-0.05, 0) is 18.6 Å². The van der Waals surface area contributed by atoms with Crippen molar-refractivity contribution in [2.75, 3.05) is 5.32 Å². The highest BCUT2D eigenvalue weighted by molar-refractivity contribution is 6.36. The molecule has 114 valence electrons. The molecule has 1 N–H and O–H groups in total. The minimum Gasteiger partial charge on any atom is -0.307 e. The monoisotopic (exact) mass is 318 g/mol. The minimum absolute atomic E-state index is 0.0760. The van der Waals surface area contributed by atoms with E-state index in [0.717, 1.165) is 23.9 Å². The third-order valence-electron chi connectivity index (χ3n) is 3.19. The van der Waals surface area contributed by atoms with Gasteiger partial charge < -0.3 is 5.32 Å². The van der Waals surface area contributed by atoms with Crippen molar-refractivity contribution in [3.63, 3.8) is 0 Å². The van der Waals surface area contributed by atoms with Crippen molar-refractivity contribution in [3.8, 4) is 0 Å². The molecule has 8 heteroatoms. The standard InChI is InChI=1S/C14H15ClN6O/c1-2-6-21-11-5-3-4-10(15)13(11)14(19-21)18-12(22)7-20-9-16-8-17-20/h3-5,8-9H,2,6-7H2,1H3,(H,18,19,22). The molecule has 0 aliphatic rings. The van der Waals surface area contributed by atoms with E-state index in [-0.39, 0.29) is 12.5 Å². The Morgan fingerprint density at radius 3 is 3.00 bits per heavy atom. The Morgan fingerprint density at radius 2 is 2.27 bits per heavy atom. The first-order valence-corrected chi connectivity index (χ1v) is 7.34. The number of anilines is 1. The molecule has 0 radical (unpaired) electrons. The third-order valence-corrected chi connectivity index (χ3v) is 3.51. The molecule has 1 aromatic carbocycles. The van der Waals surface area contributed by atoms with Gasteiger partial charge in [-0.3, -0.25) is 9.48 Å². The molecule has 22 heavy (non-hydrogen) atoms. The molecule has 0 atom stereocenters. The van der Waals surface area contributed by atoms with E-state index in [1.54, 1.807) is 6.07 Å². The SMILES string of the molecule is CCCn1nc(NC(=O)Cn2cncn2)c2c(Cl)cccc21. The zero-order valence-corrected chi connectivity index (χ0v) is 12.8. The van der Waals surface area contributed by atoms with E-state index in [2.05, 4.69) is 27.4 Å². The normalized spacial score (nSPS) is 11.0. The van der Waals surface area contributed by atoms with Crippen LogP contribution in [0.3, 0.4) is 0 Å².